The molecular formula is C26H33N3O3. The molecule has 0 aliphatic carbocycles. The van der Waals surface area contributed by atoms with Crippen LogP contribution in [0.1, 0.15) is 28.8 Å². The molecule has 1 atom stereocenters. The molecule has 0 amide bonds. The maximum Gasteiger partial charge on any atom is 0.189 e. The molecule has 6 nitrogen and oxygen atoms in total. The van der Waals surface area contributed by atoms with E-state index in [-0.39, 0.29) is 18.1 Å². The molecule has 0 radical (unpaired) electrons. The first-order valence-electron chi connectivity index (χ1n) is 11.3. The minimum absolute atomic E-state index is 0.0604. The zero-order valence-electron chi connectivity index (χ0n) is 19.2. The third kappa shape index (κ3) is 4.72. The molecule has 1 aliphatic heterocycles. The van der Waals surface area contributed by atoms with Crippen molar-refractivity contribution in [3.05, 3.63) is 75.1 Å². The molecule has 2 aromatic carbocycles. The standard InChI is InChI=1S/C26H33N3O3/c1-18-19(2)26(32-3)9-8-20(18)15-29-12-11-28(17-22(29)10-13-30)16-21-14-25(31)23-6-4-5-7-24(23)27-21/h4-9,14,22,30H,10-13,15-17H2,1-3H3,(H,27,31). The van der Waals surface area contributed by atoms with Gasteiger partial charge in [0.2, 0.25) is 0 Å². The zero-order valence-corrected chi connectivity index (χ0v) is 19.2. The lowest BCUT2D eigenvalue weighted by Gasteiger charge is -2.41. The van der Waals surface area contributed by atoms with Gasteiger partial charge in [0.05, 0.1) is 7.11 Å². The van der Waals surface area contributed by atoms with E-state index in [0.717, 1.165) is 54.9 Å². The zero-order chi connectivity index (χ0) is 22.7. The first-order chi connectivity index (χ1) is 15.5. The van der Waals surface area contributed by atoms with E-state index in [4.69, 9.17) is 4.74 Å². The molecular weight excluding hydrogens is 402 g/mol. The highest BCUT2D eigenvalue weighted by molar-refractivity contribution is 5.78. The van der Waals surface area contributed by atoms with Gasteiger partial charge in [-0.05, 0) is 55.2 Å². The van der Waals surface area contributed by atoms with Crippen LogP contribution in [0.25, 0.3) is 10.9 Å². The normalized spacial score (nSPS) is 17.7. The summed E-state index contributed by atoms with van der Waals surface area (Å²) in [4.78, 5) is 20.8. The monoisotopic (exact) mass is 435 g/mol. The van der Waals surface area contributed by atoms with Crippen LogP contribution in [-0.4, -0.2) is 59.3 Å². The Hall–Kier alpha value is -2.67. The van der Waals surface area contributed by atoms with E-state index in [1.54, 1.807) is 13.2 Å². The van der Waals surface area contributed by atoms with Gasteiger partial charge in [0.15, 0.2) is 5.43 Å². The molecule has 1 unspecified atom stereocenters. The first-order valence-corrected chi connectivity index (χ1v) is 11.3. The number of H-pyrrole nitrogens is 1. The third-order valence-electron chi connectivity index (χ3n) is 6.78. The van der Waals surface area contributed by atoms with Gasteiger partial charge in [-0.15, -0.1) is 0 Å². The molecule has 0 spiro atoms. The van der Waals surface area contributed by atoms with Crippen molar-refractivity contribution in [2.24, 2.45) is 0 Å². The number of fused-ring (bicyclic) bond motifs is 1. The number of nitrogens with zero attached hydrogens (tertiary/aromatic N) is 2. The summed E-state index contributed by atoms with van der Waals surface area (Å²) in [5, 5.41) is 10.4. The third-order valence-corrected chi connectivity index (χ3v) is 6.78. The number of aromatic amines is 1. The Morgan fingerprint density at radius 3 is 2.69 bits per heavy atom. The molecule has 2 N–H and O–H groups in total. The van der Waals surface area contributed by atoms with Crippen LogP contribution in [-0.2, 0) is 13.1 Å². The first kappa shape index (κ1) is 22.5. The van der Waals surface area contributed by atoms with Crippen LogP contribution < -0.4 is 10.2 Å². The predicted molar refractivity (Wildman–Crippen MR) is 128 cm³/mol. The number of rotatable bonds is 7. The van der Waals surface area contributed by atoms with E-state index in [9.17, 15) is 9.90 Å². The summed E-state index contributed by atoms with van der Waals surface area (Å²) in [6, 6.07) is 13.8. The van der Waals surface area contributed by atoms with Crippen LogP contribution in [0.5, 0.6) is 5.75 Å². The molecule has 6 heteroatoms. The Bertz CT molecular complexity index is 1140. The van der Waals surface area contributed by atoms with Crippen LogP contribution in [0, 0.1) is 13.8 Å². The summed E-state index contributed by atoms with van der Waals surface area (Å²) >= 11 is 0. The summed E-state index contributed by atoms with van der Waals surface area (Å²) in [5.41, 5.74) is 5.63. The Balaban J connectivity index is 1.48. The fourth-order valence-corrected chi connectivity index (χ4v) is 4.77. The van der Waals surface area contributed by atoms with Gasteiger partial charge in [-0.2, -0.15) is 0 Å². The van der Waals surface area contributed by atoms with E-state index < -0.39 is 0 Å². The summed E-state index contributed by atoms with van der Waals surface area (Å²) < 4.78 is 5.46. The van der Waals surface area contributed by atoms with Gasteiger partial charge in [-0.1, -0.05) is 18.2 Å². The van der Waals surface area contributed by atoms with Crippen LogP contribution in [0.3, 0.4) is 0 Å². The summed E-state index contributed by atoms with van der Waals surface area (Å²) in [6.07, 6.45) is 0.735. The number of aliphatic hydroxyl groups is 1. The average Bonchev–Trinajstić information content (AvgIpc) is 2.79. The van der Waals surface area contributed by atoms with Crippen molar-refractivity contribution in [2.45, 2.75) is 39.4 Å². The Labute approximate surface area is 189 Å². The van der Waals surface area contributed by atoms with Gasteiger partial charge in [-0.25, -0.2) is 0 Å². The number of para-hydroxylation sites is 1. The topological polar surface area (TPSA) is 68.8 Å². The number of benzene rings is 2. The van der Waals surface area contributed by atoms with E-state index >= 15 is 0 Å². The predicted octanol–water partition coefficient (Wildman–Crippen LogP) is 3.22. The number of nitrogens with one attached hydrogen (secondary N) is 1. The van der Waals surface area contributed by atoms with Gasteiger partial charge in [0, 0.05) is 68.0 Å². The lowest BCUT2D eigenvalue weighted by atomic mass is 10.00. The highest BCUT2D eigenvalue weighted by Gasteiger charge is 2.27. The smallest absolute Gasteiger partial charge is 0.189 e. The average molecular weight is 436 g/mol. The number of hydrogen-bond acceptors (Lipinski definition) is 5. The maximum absolute atomic E-state index is 12.5. The number of piperazine rings is 1. The maximum atomic E-state index is 12.5. The quantitative estimate of drug-likeness (QED) is 0.596. The van der Waals surface area contributed by atoms with E-state index in [2.05, 4.69) is 34.7 Å². The van der Waals surface area contributed by atoms with Crippen LogP contribution in [0.15, 0.2) is 47.3 Å². The number of aromatic nitrogens is 1. The minimum atomic E-state index is 0.0604. The molecule has 1 aromatic heterocycles. The molecule has 2 heterocycles. The fraction of sp³-hybridized carbons (Fsp3) is 0.423. The lowest BCUT2D eigenvalue weighted by Crippen LogP contribution is -2.52. The second kappa shape index (κ2) is 9.86. The largest absolute Gasteiger partial charge is 0.496 e. The van der Waals surface area contributed by atoms with Gasteiger partial charge in [-0.3, -0.25) is 14.6 Å². The molecule has 1 aliphatic rings. The molecule has 32 heavy (non-hydrogen) atoms. The molecule has 1 fully saturated rings. The second-order valence-electron chi connectivity index (χ2n) is 8.75. The van der Waals surface area contributed by atoms with Gasteiger partial charge >= 0.3 is 0 Å². The molecule has 0 bridgehead atoms. The van der Waals surface area contributed by atoms with Crippen LogP contribution >= 0.6 is 0 Å². The van der Waals surface area contributed by atoms with E-state index in [1.165, 1.54) is 16.7 Å². The Kier molecular flexibility index (Phi) is 6.94. The summed E-state index contributed by atoms with van der Waals surface area (Å²) in [5.74, 6) is 0.923. The van der Waals surface area contributed by atoms with Gasteiger partial charge in [0.25, 0.3) is 0 Å². The molecule has 1 saturated heterocycles. The minimum Gasteiger partial charge on any atom is -0.496 e. The van der Waals surface area contributed by atoms with Crippen molar-refractivity contribution in [3.63, 3.8) is 0 Å². The van der Waals surface area contributed by atoms with Crippen LogP contribution in [0.4, 0.5) is 0 Å². The van der Waals surface area contributed by atoms with Crippen LogP contribution in [0.2, 0.25) is 0 Å². The highest BCUT2D eigenvalue weighted by Crippen LogP contribution is 2.26. The van der Waals surface area contributed by atoms with Crippen molar-refractivity contribution >= 4 is 10.9 Å². The Morgan fingerprint density at radius 1 is 1.09 bits per heavy atom. The molecule has 170 valence electrons. The van der Waals surface area contributed by atoms with Gasteiger partial charge in [0.1, 0.15) is 5.75 Å². The summed E-state index contributed by atoms with van der Waals surface area (Å²) in [7, 11) is 1.71. The SMILES string of the molecule is COc1ccc(CN2CCN(Cc3cc(=O)c4ccccc4[nH]3)CC2CCO)c(C)c1C. The highest BCUT2D eigenvalue weighted by atomic mass is 16.5. The molecule has 3 aromatic rings. The lowest BCUT2D eigenvalue weighted by molar-refractivity contribution is 0.0493. The van der Waals surface area contributed by atoms with E-state index in [0.29, 0.717) is 6.54 Å². The number of pyridine rings is 1. The van der Waals surface area contributed by atoms with Crippen molar-refractivity contribution in [1.29, 1.82) is 0 Å². The van der Waals surface area contributed by atoms with Crippen molar-refractivity contribution in [3.8, 4) is 5.75 Å². The second-order valence-corrected chi connectivity index (χ2v) is 8.75. The van der Waals surface area contributed by atoms with Crippen molar-refractivity contribution in [2.75, 3.05) is 33.4 Å². The van der Waals surface area contributed by atoms with Gasteiger partial charge < -0.3 is 14.8 Å². The van der Waals surface area contributed by atoms with Crippen molar-refractivity contribution in [1.82, 2.24) is 14.8 Å². The number of methoxy groups -OCH3 is 1. The van der Waals surface area contributed by atoms with Crippen molar-refractivity contribution < 1.29 is 9.84 Å². The number of hydrogen-bond donors (Lipinski definition) is 2. The van der Waals surface area contributed by atoms with E-state index in [1.807, 2.05) is 30.3 Å². The number of aliphatic hydroxyl groups excluding tert-OH is 1. The summed E-state index contributed by atoms with van der Waals surface area (Å²) in [6.45, 7) is 8.70. The molecule has 0 saturated carbocycles. The number of ether oxygens (including phenoxy) is 1. The molecule has 4 rings (SSSR count). The Morgan fingerprint density at radius 2 is 1.91 bits per heavy atom. The fourth-order valence-electron chi connectivity index (χ4n) is 4.77.